The molecule has 0 unspecified atom stereocenters. The lowest BCUT2D eigenvalue weighted by Gasteiger charge is -2.14. The van der Waals surface area contributed by atoms with E-state index in [1.807, 2.05) is 6.92 Å². The molecule has 0 aliphatic rings. The Labute approximate surface area is 159 Å². The Morgan fingerprint density at radius 2 is 1.74 bits per heavy atom. The first-order valence-electron chi connectivity index (χ1n) is 8.51. The second-order valence-corrected chi connectivity index (χ2v) is 7.77. The minimum absolute atomic E-state index is 0.0404. The molecule has 27 heavy (non-hydrogen) atoms. The fourth-order valence-corrected chi connectivity index (χ4v) is 3.42. The summed E-state index contributed by atoms with van der Waals surface area (Å²) in [5.74, 6) is -0.836. The third-order valence-corrected chi connectivity index (χ3v) is 5.18. The van der Waals surface area contributed by atoms with Crippen LogP contribution in [0.25, 0.3) is 0 Å². The van der Waals surface area contributed by atoms with E-state index in [0.717, 1.165) is 5.56 Å². The normalized spacial score (nSPS) is 12.1. The molecule has 0 bridgehead atoms. The molecule has 144 valence electrons. The number of hydrogen-bond acceptors (Lipinski definition) is 4. The highest BCUT2D eigenvalue weighted by molar-refractivity contribution is 7.92. The van der Waals surface area contributed by atoms with Gasteiger partial charge in [0.2, 0.25) is 5.91 Å². The van der Waals surface area contributed by atoms with Crippen LogP contribution in [0.3, 0.4) is 0 Å². The van der Waals surface area contributed by atoms with Crippen molar-refractivity contribution in [2.75, 3.05) is 11.3 Å². The number of carbonyl (C=O) groups is 2. The first-order chi connectivity index (χ1) is 12.7. The largest absolute Gasteiger partial charge is 0.355 e. The summed E-state index contributed by atoms with van der Waals surface area (Å²) < 4.78 is 27.6. The van der Waals surface area contributed by atoms with E-state index in [4.69, 9.17) is 0 Å². The van der Waals surface area contributed by atoms with Gasteiger partial charge in [0.25, 0.3) is 15.9 Å². The van der Waals surface area contributed by atoms with E-state index < -0.39 is 22.0 Å². The maximum Gasteiger partial charge on any atom is 0.261 e. The van der Waals surface area contributed by atoms with Gasteiger partial charge in [-0.05, 0) is 51.1 Å². The highest BCUT2D eigenvalue weighted by Gasteiger charge is 2.19. The quantitative estimate of drug-likeness (QED) is 0.674. The zero-order valence-corrected chi connectivity index (χ0v) is 16.3. The van der Waals surface area contributed by atoms with E-state index in [-0.39, 0.29) is 16.4 Å². The molecule has 0 aliphatic carbocycles. The number of rotatable bonds is 7. The SMILES string of the molecule is CCNC(=O)[C@@H](C)NC(=O)c1cccc(S(=O)(=O)Nc2ccc(C)cc2)c1. The zero-order valence-electron chi connectivity index (χ0n) is 15.4. The van der Waals surface area contributed by atoms with Crippen LogP contribution >= 0.6 is 0 Å². The van der Waals surface area contributed by atoms with Gasteiger partial charge in [-0.3, -0.25) is 14.3 Å². The zero-order chi connectivity index (χ0) is 20.0. The smallest absolute Gasteiger partial charge is 0.261 e. The van der Waals surface area contributed by atoms with Crippen molar-refractivity contribution in [3.8, 4) is 0 Å². The van der Waals surface area contributed by atoms with Crippen molar-refractivity contribution in [3.05, 3.63) is 59.7 Å². The molecule has 0 heterocycles. The van der Waals surface area contributed by atoms with Crippen LogP contribution < -0.4 is 15.4 Å². The van der Waals surface area contributed by atoms with Crippen molar-refractivity contribution in [2.45, 2.75) is 31.7 Å². The number of hydrogen-bond donors (Lipinski definition) is 3. The number of sulfonamides is 1. The number of nitrogens with one attached hydrogen (secondary N) is 3. The molecular weight excluding hydrogens is 366 g/mol. The average molecular weight is 389 g/mol. The summed E-state index contributed by atoms with van der Waals surface area (Å²) in [7, 11) is -3.84. The maximum atomic E-state index is 12.6. The Morgan fingerprint density at radius 1 is 1.07 bits per heavy atom. The average Bonchev–Trinajstić information content (AvgIpc) is 2.63. The summed E-state index contributed by atoms with van der Waals surface area (Å²) in [6.07, 6.45) is 0. The minimum atomic E-state index is -3.84. The molecule has 1 atom stereocenters. The van der Waals surface area contributed by atoms with Crippen molar-refractivity contribution in [1.82, 2.24) is 10.6 Å². The molecule has 2 amide bonds. The Balaban J connectivity index is 2.17. The van der Waals surface area contributed by atoms with Gasteiger partial charge in [-0.15, -0.1) is 0 Å². The number of anilines is 1. The molecule has 2 aromatic carbocycles. The molecule has 0 aromatic heterocycles. The van der Waals surface area contributed by atoms with Gasteiger partial charge in [0, 0.05) is 17.8 Å². The molecule has 0 aliphatic heterocycles. The molecule has 0 saturated carbocycles. The molecule has 3 N–H and O–H groups in total. The van der Waals surface area contributed by atoms with Crippen molar-refractivity contribution in [3.63, 3.8) is 0 Å². The van der Waals surface area contributed by atoms with Crippen LogP contribution in [-0.2, 0) is 14.8 Å². The standard InChI is InChI=1S/C19H23N3O4S/c1-4-20-18(23)14(3)21-19(24)15-6-5-7-17(12-15)27(25,26)22-16-10-8-13(2)9-11-16/h5-12,14,22H,4H2,1-3H3,(H,20,23)(H,21,24)/t14-/m1/s1. The van der Waals surface area contributed by atoms with Gasteiger partial charge >= 0.3 is 0 Å². The lowest BCUT2D eigenvalue weighted by atomic mass is 10.2. The molecule has 8 heteroatoms. The first-order valence-corrected chi connectivity index (χ1v) is 9.99. The van der Waals surface area contributed by atoms with Crippen LogP contribution in [-0.4, -0.2) is 32.8 Å². The second kappa shape index (κ2) is 8.68. The van der Waals surface area contributed by atoms with Crippen LogP contribution in [0.15, 0.2) is 53.4 Å². The van der Waals surface area contributed by atoms with E-state index >= 15 is 0 Å². The predicted octanol–water partition coefficient (Wildman–Crippen LogP) is 2.05. The lowest BCUT2D eigenvalue weighted by molar-refractivity contribution is -0.122. The molecule has 2 rings (SSSR count). The fraction of sp³-hybridized carbons (Fsp3) is 0.263. The Bertz CT molecular complexity index is 924. The third kappa shape index (κ3) is 5.55. The highest BCUT2D eigenvalue weighted by Crippen LogP contribution is 2.17. The van der Waals surface area contributed by atoms with Crippen molar-refractivity contribution >= 4 is 27.5 Å². The van der Waals surface area contributed by atoms with Crippen molar-refractivity contribution in [2.24, 2.45) is 0 Å². The Morgan fingerprint density at radius 3 is 2.37 bits per heavy atom. The third-order valence-electron chi connectivity index (χ3n) is 3.80. The molecule has 0 fully saturated rings. The van der Waals surface area contributed by atoms with Gasteiger partial charge in [0.15, 0.2) is 0 Å². The summed E-state index contributed by atoms with van der Waals surface area (Å²) >= 11 is 0. The minimum Gasteiger partial charge on any atom is -0.355 e. The van der Waals surface area contributed by atoms with Crippen LogP contribution in [0.2, 0.25) is 0 Å². The second-order valence-electron chi connectivity index (χ2n) is 6.09. The van der Waals surface area contributed by atoms with Crippen LogP contribution in [0, 0.1) is 6.92 Å². The van der Waals surface area contributed by atoms with Crippen LogP contribution in [0.5, 0.6) is 0 Å². The fourth-order valence-electron chi connectivity index (χ4n) is 2.31. The summed E-state index contributed by atoms with van der Waals surface area (Å²) in [6, 6.07) is 11.8. The molecule has 0 spiro atoms. The Kier molecular flexibility index (Phi) is 6.57. The first kappa shape index (κ1) is 20.4. The van der Waals surface area contributed by atoms with Gasteiger partial charge in [0.1, 0.15) is 6.04 Å². The van der Waals surface area contributed by atoms with Gasteiger partial charge in [-0.25, -0.2) is 8.42 Å². The number of aryl methyl sites for hydroxylation is 1. The summed E-state index contributed by atoms with van der Waals surface area (Å²) in [5, 5.41) is 5.16. The monoisotopic (exact) mass is 389 g/mol. The molecule has 0 saturated heterocycles. The van der Waals surface area contributed by atoms with E-state index in [1.165, 1.54) is 24.3 Å². The predicted molar refractivity (Wildman–Crippen MR) is 104 cm³/mol. The summed E-state index contributed by atoms with van der Waals surface area (Å²) in [4.78, 5) is 24.0. The molecule has 0 radical (unpaired) electrons. The van der Waals surface area contributed by atoms with Crippen LogP contribution in [0.1, 0.15) is 29.8 Å². The number of carbonyl (C=O) groups excluding carboxylic acids is 2. The van der Waals surface area contributed by atoms with Gasteiger partial charge < -0.3 is 10.6 Å². The summed E-state index contributed by atoms with van der Waals surface area (Å²) in [6.45, 7) is 5.70. The highest BCUT2D eigenvalue weighted by atomic mass is 32.2. The van der Waals surface area contributed by atoms with Crippen LogP contribution in [0.4, 0.5) is 5.69 Å². The van der Waals surface area contributed by atoms with Gasteiger partial charge in [-0.1, -0.05) is 23.8 Å². The molecule has 7 nitrogen and oxygen atoms in total. The molecule has 2 aromatic rings. The van der Waals surface area contributed by atoms with Crippen molar-refractivity contribution < 1.29 is 18.0 Å². The van der Waals surface area contributed by atoms with E-state index in [1.54, 1.807) is 38.1 Å². The van der Waals surface area contributed by atoms with Gasteiger partial charge in [-0.2, -0.15) is 0 Å². The topological polar surface area (TPSA) is 104 Å². The molecular formula is C19H23N3O4S. The lowest BCUT2D eigenvalue weighted by Crippen LogP contribution is -2.44. The van der Waals surface area contributed by atoms with Gasteiger partial charge in [0.05, 0.1) is 4.90 Å². The van der Waals surface area contributed by atoms with E-state index in [9.17, 15) is 18.0 Å². The van der Waals surface area contributed by atoms with E-state index in [0.29, 0.717) is 12.2 Å². The Hall–Kier alpha value is -2.87. The van der Waals surface area contributed by atoms with E-state index in [2.05, 4.69) is 15.4 Å². The van der Waals surface area contributed by atoms with Crippen molar-refractivity contribution in [1.29, 1.82) is 0 Å². The maximum absolute atomic E-state index is 12.6. The number of likely N-dealkylation sites (N-methyl/N-ethyl adjacent to an activating group) is 1. The number of amides is 2. The number of benzene rings is 2. The summed E-state index contributed by atoms with van der Waals surface area (Å²) in [5.41, 5.74) is 1.59.